The zero-order chi connectivity index (χ0) is 20.7. The van der Waals surface area contributed by atoms with Crippen molar-refractivity contribution in [3.05, 3.63) is 30.6 Å². The number of pyridine rings is 1. The predicted molar refractivity (Wildman–Crippen MR) is 115 cm³/mol. The molecule has 5 heterocycles. The lowest BCUT2D eigenvalue weighted by Gasteiger charge is -2.34. The third-order valence-electron chi connectivity index (χ3n) is 5.44. The summed E-state index contributed by atoms with van der Waals surface area (Å²) in [5, 5.41) is 20.7. The number of aromatic nitrogens is 7. The normalized spacial score (nSPS) is 17.0. The number of ether oxygens (including phenoxy) is 1. The maximum absolute atomic E-state index is 5.64. The van der Waals surface area contributed by atoms with E-state index in [0.717, 1.165) is 52.8 Å². The molecule has 2 N–H and O–H groups in total. The van der Waals surface area contributed by atoms with Crippen molar-refractivity contribution >= 4 is 22.7 Å². The number of rotatable bonds is 5. The molecular weight excluding hydrogens is 382 g/mol. The van der Waals surface area contributed by atoms with E-state index in [4.69, 9.17) is 14.8 Å². The van der Waals surface area contributed by atoms with Gasteiger partial charge in [0.25, 0.3) is 0 Å². The van der Waals surface area contributed by atoms with Gasteiger partial charge in [-0.05, 0) is 26.0 Å². The molecule has 10 nitrogen and oxygen atoms in total. The SMILES string of the molecule is CCNc1nn(-c2ccn[nH]2)c2nc(N3CCOC[C@H]3C)cc(-c3ccnn3C)c12. The molecular formula is C20H25N9O. The van der Waals surface area contributed by atoms with Crippen molar-refractivity contribution in [2.24, 2.45) is 7.05 Å². The maximum Gasteiger partial charge on any atom is 0.169 e. The Morgan fingerprint density at radius 1 is 1.30 bits per heavy atom. The average Bonchev–Trinajstić information content (AvgIpc) is 3.48. The molecule has 0 spiro atoms. The standard InChI is InChI=1S/C20H25N9O/c1-4-21-19-18-14(15-5-8-23-27(15)3)11-17(28-9-10-30-12-13(28)2)24-20(18)29(26-19)16-6-7-22-25-16/h5-8,11,13H,4,9-10,12H2,1-3H3,(H,21,26)(H,22,25)/t13-/m1/s1. The Bertz CT molecular complexity index is 1160. The fourth-order valence-corrected chi connectivity index (χ4v) is 3.98. The summed E-state index contributed by atoms with van der Waals surface area (Å²) in [6.45, 7) is 7.13. The molecule has 0 aromatic carbocycles. The molecule has 1 aliphatic rings. The lowest BCUT2D eigenvalue weighted by Crippen LogP contribution is -2.44. The summed E-state index contributed by atoms with van der Waals surface area (Å²) in [6.07, 6.45) is 3.52. The van der Waals surface area contributed by atoms with Crippen molar-refractivity contribution < 1.29 is 4.74 Å². The minimum absolute atomic E-state index is 0.236. The molecule has 1 aliphatic heterocycles. The molecule has 0 unspecified atom stereocenters. The molecule has 10 heteroatoms. The molecule has 1 saturated heterocycles. The number of morpholine rings is 1. The molecule has 30 heavy (non-hydrogen) atoms. The van der Waals surface area contributed by atoms with E-state index >= 15 is 0 Å². The third kappa shape index (κ3) is 3.00. The highest BCUT2D eigenvalue weighted by molar-refractivity contribution is 6.02. The molecule has 0 aliphatic carbocycles. The van der Waals surface area contributed by atoms with Crippen molar-refractivity contribution in [3.8, 4) is 17.1 Å². The highest BCUT2D eigenvalue weighted by Crippen LogP contribution is 2.37. The summed E-state index contributed by atoms with van der Waals surface area (Å²) in [5.41, 5.74) is 2.81. The number of aryl methyl sites for hydroxylation is 1. The van der Waals surface area contributed by atoms with E-state index in [9.17, 15) is 0 Å². The summed E-state index contributed by atoms with van der Waals surface area (Å²) in [7, 11) is 1.95. The van der Waals surface area contributed by atoms with Crippen LogP contribution in [0.3, 0.4) is 0 Å². The van der Waals surface area contributed by atoms with Gasteiger partial charge in [0.2, 0.25) is 0 Å². The van der Waals surface area contributed by atoms with Crippen molar-refractivity contribution in [2.45, 2.75) is 19.9 Å². The lowest BCUT2D eigenvalue weighted by atomic mass is 10.1. The minimum Gasteiger partial charge on any atom is -0.377 e. The van der Waals surface area contributed by atoms with Gasteiger partial charge < -0.3 is 15.0 Å². The van der Waals surface area contributed by atoms with E-state index in [1.807, 2.05) is 34.7 Å². The molecule has 5 rings (SSSR count). The Kier molecular flexibility index (Phi) is 4.62. The molecule has 1 fully saturated rings. The smallest absolute Gasteiger partial charge is 0.169 e. The quantitative estimate of drug-likeness (QED) is 0.523. The van der Waals surface area contributed by atoms with Gasteiger partial charge in [-0.25, -0.2) is 4.98 Å². The Morgan fingerprint density at radius 2 is 2.20 bits per heavy atom. The van der Waals surface area contributed by atoms with E-state index in [0.29, 0.717) is 13.2 Å². The van der Waals surface area contributed by atoms with Crippen LogP contribution in [0.1, 0.15) is 13.8 Å². The number of H-pyrrole nitrogens is 1. The molecule has 0 bridgehead atoms. The highest BCUT2D eigenvalue weighted by atomic mass is 16.5. The molecule has 0 amide bonds. The van der Waals surface area contributed by atoms with E-state index in [1.165, 1.54) is 0 Å². The number of anilines is 2. The third-order valence-corrected chi connectivity index (χ3v) is 5.44. The minimum atomic E-state index is 0.236. The van der Waals surface area contributed by atoms with Crippen molar-refractivity contribution in [1.29, 1.82) is 0 Å². The average molecular weight is 407 g/mol. The van der Waals surface area contributed by atoms with Crippen LogP contribution >= 0.6 is 0 Å². The van der Waals surface area contributed by atoms with Gasteiger partial charge in [0.05, 0.1) is 36.5 Å². The lowest BCUT2D eigenvalue weighted by molar-refractivity contribution is 0.0985. The molecule has 4 aromatic heterocycles. The second-order valence-corrected chi connectivity index (χ2v) is 7.42. The fourth-order valence-electron chi connectivity index (χ4n) is 3.98. The van der Waals surface area contributed by atoms with E-state index in [-0.39, 0.29) is 6.04 Å². The molecule has 156 valence electrons. The van der Waals surface area contributed by atoms with Crippen LogP contribution in [0.25, 0.3) is 28.1 Å². The summed E-state index contributed by atoms with van der Waals surface area (Å²) in [6, 6.07) is 6.28. The van der Waals surface area contributed by atoms with Crippen molar-refractivity contribution in [2.75, 3.05) is 36.5 Å². The van der Waals surface area contributed by atoms with Gasteiger partial charge >= 0.3 is 0 Å². The van der Waals surface area contributed by atoms with Crippen LogP contribution in [0.15, 0.2) is 30.6 Å². The number of nitrogens with zero attached hydrogens (tertiary/aromatic N) is 7. The molecule has 1 atom stereocenters. The van der Waals surface area contributed by atoms with Gasteiger partial charge in [0.1, 0.15) is 5.82 Å². The summed E-state index contributed by atoms with van der Waals surface area (Å²) in [4.78, 5) is 7.35. The topological polar surface area (TPSA) is 102 Å². The van der Waals surface area contributed by atoms with Gasteiger partial charge in [-0.3, -0.25) is 9.78 Å². The number of hydrogen-bond acceptors (Lipinski definition) is 7. The van der Waals surface area contributed by atoms with Crippen molar-refractivity contribution in [1.82, 2.24) is 34.7 Å². The number of fused-ring (bicyclic) bond motifs is 1. The van der Waals surface area contributed by atoms with Gasteiger partial charge in [-0.15, -0.1) is 5.10 Å². The second kappa shape index (κ2) is 7.45. The van der Waals surface area contributed by atoms with Crippen LogP contribution in [0.4, 0.5) is 11.6 Å². The van der Waals surface area contributed by atoms with E-state index in [1.54, 1.807) is 6.20 Å². The van der Waals surface area contributed by atoms with Gasteiger partial charge in [-0.2, -0.15) is 14.9 Å². The Balaban J connectivity index is 1.81. The zero-order valence-corrected chi connectivity index (χ0v) is 17.3. The van der Waals surface area contributed by atoms with Crippen LogP contribution in [0.5, 0.6) is 0 Å². The molecule has 0 saturated carbocycles. The summed E-state index contributed by atoms with van der Waals surface area (Å²) >= 11 is 0. The first kappa shape index (κ1) is 18.6. The van der Waals surface area contributed by atoms with E-state index < -0.39 is 0 Å². The first-order chi connectivity index (χ1) is 14.7. The molecule has 4 aromatic rings. The van der Waals surface area contributed by atoms with Crippen molar-refractivity contribution in [3.63, 3.8) is 0 Å². The maximum atomic E-state index is 5.64. The van der Waals surface area contributed by atoms with E-state index in [2.05, 4.69) is 45.4 Å². The Labute approximate surface area is 173 Å². The van der Waals surface area contributed by atoms with Crippen LogP contribution in [0, 0.1) is 0 Å². The number of aromatic amines is 1. The highest BCUT2D eigenvalue weighted by Gasteiger charge is 2.26. The largest absolute Gasteiger partial charge is 0.377 e. The van der Waals surface area contributed by atoms with Crippen LogP contribution < -0.4 is 10.2 Å². The first-order valence-corrected chi connectivity index (χ1v) is 10.2. The second-order valence-electron chi connectivity index (χ2n) is 7.42. The van der Waals surface area contributed by atoms with Crippen LogP contribution in [-0.2, 0) is 11.8 Å². The Hall–Kier alpha value is -3.40. The number of nitrogens with one attached hydrogen (secondary N) is 2. The van der Waals surface area contributed by atoms with Crippen LogP contribution in [0.2, 0.25) is 0 Å². The van der Waals surface area contributed by atoms with Crippen LogP contribution in [-0.4, -0.2) is 67.1 Å². The summed E-state index contributed by atoms with van der Waals surface area (Å²) < 4.78 is 9.33. The monoisotopic (exact) mass is 407 g/mol. The first-order valence-electron chi connectivity index (χ1n) is 10.2. The summed E-state index contributed by atoms with van der Waals surface area (Å²) in [5.74, 6) is 2.45. The zero-order valence-electron chi connectivity index (χ0n) is 17.3. The predicted octanol–water partition coefficient (Wildman–Crippen LogP) is 2.20. The van der Waals surface area contributed by atoms with Gasteiger partial charge in [-0.1, -0.05) is 0 Å². The fraction of sp³-hybridized carbons (Fsp3) is 0.400. The van der Waals surface area contributed by atoms with Gasteiger partial charge in [0.15, 0.2) is 17.3 Å². The van der Waals surface area contributed by atoms with Gasteiger partial charge in [0, 0.05) is 38.0 Å². The molecule has 0 radical (unpaired) electrons. The number of hydrogen-bond donors (Lipinski definition) is 2. The Morgan fingerprint density at radius 3 is 2.90 bits per heavy atom.